The average Bonchev–Trinajstić information content (AvgIpc) is 3.04. The van der Waals surface area contributed by atoms with Crippen LogP contribution in [-0.4, -0.2) is 39.9 Å². The van der Waals surface area contributed by atoms with E-state index in [0.29, 0.717) is 0 Å². The smallest absolute Gasteiger partial charge is 0.0798 e. The van der Waals surface area contributed by atoms with Crippen LogP contribution in [0, 0.1) is 0 Å². The summed E-state index contributed by atoms with van der Waals surface area (Å²) in [6, 6.07) is 80.6. The molecule has 0 spiro atoms. The van der Waals surface area contributed by atoms with E-state index in [2.05, 4.69) is 299 Å². The minimum Gasteiger partial charge on any atom is -0.354 e. The van der Waals surface area contributed by atoms with Crippen molar-refractivity contribution in [3.05, 3.63) is 276 Å². The van der Waals surface area contributed by atoms with E-state index < -0.39 is 0 Å². The molecule has 10 heterocycles. The predicted octanol–water partition coefficient (Wildman–Crippen LogP) is 19.8. The van der Waals surface area contributed by atoms with Crippen molar-refractivity contribution < 1.29 is 0 Å². The van der Waals surface area contributed by atoms with Gasteiger partial charge in [-0.1, -0.05) is 194 Å². The number of nitrogens with zero attached hydrogens (tertiary/aromatic N) is 4. The highest BCUT2D eigenvalue weighted by Crippen LogP contribution is 2.44. The zero-order valence-electron chi connectivity index (χ0n) is 45.8. The molecule has 6 aromatic carbocycles. The molecule has 0 atom stereocenters. The highest BCUT2D eigenvalue weighted by atomic mass is 32.2. The van der Waals surface area contributed by atoms with Crippen LogP contribution in [0.2, 0.25) is 0 Å². The quantitative estimate of drug-likeness (QED) is 0.121. The molecule has 0 saturated heterocycles. The van der Waals surface area contributed by atoms with Gasteiger partial charge in [0.15, 0.2) is 0 Å². The molecule has 400 valence electrons. The first kappa shape index (κ1) is 49.7. The zero-order valence-corrected chi connectivity index (χ0v) is 46.6. The molecular formula is C76H50N8S. The van der Waals surface area contributed by atoms with Crippen LogP contribution < -0.4 is 0 Å². The van der Waals surface area contributed by atoms with Gasteiger partial charge in [0.1, 0.15) is 0 Å². The summed E-state index contributed by atoms with van der Waals surface area (Å²) < 4.78 is 0. The van der Waals surface area contributed by atoms with E-state index in [-0.39, 0.29) is 0 Å². The number of nitrogens with one attached hydrogen (secondary N) is 4. The van der Waals surface area contributed by atoms with Crippen LogP contribution in [-0.2, 0) is 0 Å². The Labute approximate surface area is 494 Å². The minimum absolute atomic E-state index is 0.802. The lowest BCUT2D eigenvalue weighted by Crippen LogP contribution is -1.90. The second kappa shape index (κ2) is 21.0. The standard InChI is InChI=1S/C76H50N8S/c1-7-19-47(20-8-1)69-53-31-35-57(77-53)71(49-23-11-3-12-24-49)61-39-43-65(81-61)75(66-44-40-62(82-66)72(50-25-13-4-14-26-50)58-36-32-54(69)78-58)85-76-67-45-41-63(83-67)73(51-27-15-5-16-28-51)59-37-33-55(79-59)70(48-21-9-2-10-22-48)56-34-38-60(80-56)74(52-29-17-6-18-30-52)64-42-46-68(76)84-64/h1-46,77,79,82,84H. The number of fused-ring (bicyclic) bond motifs is 16. The average molecular weight is 1110 g/mol. The van der Waals surface area contributed by atoms with E-state index in [0.717, 1.165) is 166 Å². The number of benzene rings is 6. The van der Waals surface area contributed by atoms with Gasteiger partial charge in [-0.3, -0.25) is 0 Å². The Morgan fingerprint density at radius 3 is 0.588 bits per heavy atom. The lowest BCUT2D eigenvalue weighted by atomic mass is 10.0. The SMILES string of the molecule is C1=Cc2nc1c(Sc1c3nc(c(-c4ccccc4)c4ccc([nH]4)c(-c4ccccc4)c4nc(c(-c5ccccc5)c5ccc1[nH]5)C=C4)C=C3)c1ccc([nH]1)c(-c1ccccc1)c1nc(c(-c3ccccc3)c3ccc([nH]3)c2-c2ccccc2)C=C1. The Balaban J connectivity index is 1.02. The largest absolute Gasteiger partial charge is 0.354 e. The first-order valence-electron chi connectivity index (χ1n) is 28.4. The van der Waals surface area contributed by atoms with Crippen LogP contribution in [0.5, 0.6) is 0 Å². The molecule has 0 saturated carbocycles. The third-order valence-electron chi connectivity index (χ3n) is 16.0. The molecule has 4 aliphatic heterocycles. The molecule has 4 N–H and O–H groups in total. The molecule has 4 aliphatic rings. The fraction of sp³-hybridized carbons (Fsp3) is 0. The van der Waals surface area contributed by atoms with Gasteiger partial charge in [0.25, 0.3) is 0 Å². The summed E-state index contributed by atoms with van der Waals surface area (Å²) in [5, 5.41) is 0. The van der Waals surface area contributed by atoms with Gasteiger partial charge in [-0.25, -0.2) is 19.9 Å². The normalized spacial score (nSPS) is 12.3. The maximum atomic E-state index is 5.68. The molecule has 0 amide bonds. The Morgan fingerprint density at radius 2 is 0.365 bits per heavy atom. The lowest BCUT2D eigenvalue weighted by molar-refractivity contribution is 1.23. The van der Waals surface area contributed by atoms with Crippen LogP contribution >= 0.6 is 11.8 Å². The second-order valence-corrected chi connectivity index (χ2v) is 22.2. The van der Waals surface area contributed by atoms with Gasteiger partial charge < -0.3 is 19.9 Å². The number of hydrogen-bond acceptors (Lipinski definition) is 5. The van der Waals surface area contributed by atoms with Gasteiger partial charge in [-0.2, -0.15) is 0 Å². The first-order valence-corrected chi connectivity index (χ1v) is 29.3. The Morgan fingerprint density at radius 1 is 0.188 bits per heavy atom. The molecule has 16 bridgehead atoms. The molecule has 0 unspecified atom stereocenters. The van der Waals surface area contributed by atoms with Crippen molar-refractivity contribution >= 4 is 105 Å². The molecule has 12 aromatic rings. The summed E-state index contributed by atoms with van der Waals surface area (Å²) in [4.78, 5) is 40.0. The van der Waals surface area contributed by atoms with Crippen molar-refractivity contribution in [1.82, 2.24) is 39.9 Å². The Hall–Kier alpha value is -11.1. The molecule has 0 fully saturated rings. The highest BCUT2D eigenvalue weighted by Gasteiger charge is 2.23. The van der Waals surface area contributed by atoms with E-state index in [4.69, 9.17) is 19.9 Å². The number of aromatic amines is 4. The number of hydrogen-bond donors (Lipinski definition) is 4. The summed E-state index contributed by atoms with van der Waals surface area (Å²) in [5.41, 5.74) is 26.4. The van der Waals surface area contributed by atoms with E-state index >= 15 is 0 Å². The predicted molar refractivity (Wildman–Crippen MR) is 354 cm³/mol. The van der Waals surface area contributed by atoms with Crippen molar-refractivity contribution in [1.29, 1.82) is 0 Å². The third kappa shape index (κ3) is 9.07. The monoisotopic (exact) mass is 1110 g/mol. The van der Waals surface area contributed by atoms with Crippen LogP contribution in [0.25, 0.3) is 160 Å². The highest BCUT2D eigenvalue weighted by molar-refractivity contribution is 8.00. The summed E-state index contributed by atoms with van der Waals surface area (Å²) in [7, 11) is 0. The van der Waals surface area contributed by atoms with E-state index in [1.165, 1.54) is 0 Å². The van der Waals surface area contributed by atoms with Crippen LogP contribution in [0.15, 0.2) is 240 Å². The van der Waals surface area contributed by atoms with Crippen molar-refractivity contribution in [3.8, 4) is 66.8 Å². The number of rotatable bonds is 8. The van der Waals surface area contributed by atoms with Gasteiger partial charge in [0.2, 0.25) is 0 Å². The third-order valence-corrected chi connectivity index (χ3v) is 17.3. The maximum Gasteiger partial charge on any atom is 0.0798 e. The Kier molecular flexibility index (Phi) is 12.3. The molecule has 85 heavy (non-hydrogen) atoms. The molecule has 8 nitrogen and oxygen atoms in total. The lowest BCUT2D eigenvalue weighted by Gasteiger charge is -2.08. The summed E-state index contributed by atoms with van der Waals surface area (Å²) >= 11 is 1.65. The van der Waals surface area contributed by atoms with Gasteiger partial charge in [-0.15, -0.1) is 0 Å². The van der Waals surface area contributed by atoms with E-state index in [1.54, 1.807) is 11.8 Å². The van der Waals surface area contributed by atoms with Crippen molar-refractivity contribution in [2.45, 2.75) is 9.79 Å². The van der Waals surface area contributed by atoms with Crippen LogP contribution in [0.1, 0.15) is 45.6 Å². The van der Waals surface area contributed by atoms with Gasteiger partial charge >= 0.3 is 0 Å². The van der Waals surface area contributed by atoms with Gasteiger partial charge in [-0.05, 0) is 131 Å². The maximum absolute atomic E-state index is 5.68. The number of aromatic nitrogens is 8. The minimum atomic E-state index is 0.802. The summed E-state index contributed by atoms with van der Waals surface area (Å²) in [5.74, 6) is 0. The van der Waals surface area contributed by atoms with E-state index in [9.17, 15) is 0 Å². The molecule has 0 radical (unpaired) electrons. The second-order valence-electron chi connectivity index (χ2n) is 21.2. The number of H-pyrrole nitrogens is 4. The van der Waals surface area contributed by atoms with Gasteiger partial charge in [0.05, 0.1) is 66.4 Å². The van der Waals surface area contributed by atoms with Crippen molar-refractivity contribution in [3.63, 3.8) is 0 Å². The van der Waals surface area contributed by atoms with Gasteiger partial charge in [0, 0.05) is 66.5 Å². The molecule has 9 heteroatoms. The molecular weight excluding hydrogens is 1060 g/mol. The van der Waals surface area contributed by atoms with Crippen molar-refractivity contribution in [2.24, 2.45) is 0 Å². The van der Waals surface area contributed by atoms with Crippen molar-refractivity contribution in [2.75, 3.05) is 0 Å². The molecule has 16 rings (SSSR count). The topological polar surface area (TPSA) is 115 Å². The summed E-state index contributed by atoms with van der Waals surface area (Å²) in [6.45, 7) is 0. The zero-order chi connectivity index (χ0) is 56.2. The first-order chi connectivity index (χ1) is 42.1. The fourth-order valence-corrected chi connectivity index (χ4v) is 13.2. The molecule has 6 aromatic heterocycles. The molecule has 0 aliphatic carbocycles. The Bertz CT molecular complexity index is 4710. The fourth-order valence-electron chi connectivity index (χ4n) is 12.1. The van der Waals surface area contributed by atoms with Crippen LogP contribution in [0.4, 0.5) is 0 Å². The van der Waals surface area contributed by atoms with Crippen LogP contribution in [0.3, 0.4) is 0 Å². The summed E-state index contributed by atoms with van der Waals surface area (Å²) in [6.07, 6.45) is 17.2. The van der Waals surface area contributed by atoms with E-state index in [1.807, 2.05) is 0 Å².